The van der Waals surface area contributed by atoms with Crippen molar-refractivity contribution in [2.45, 2.75) is 18.9 Å². The Morgan fingerprint density at radius 2 is 1.96 bits per heavy atom. The van der Waals surface area contributed by atoms with E-state index in [0.717, 1.165) is 0 Å². The molecule has 0 spiro atoms. The number of aromatic nitrogens is 1. The lowest BCUT2D eigenvalue weighted by atomic mass is 10.0. The second kappa shape index (κ2) is 7.77. The molecule has 1 aliphatic heterocycles. The molecule has 0 saturated carbocycles. The molecule has 0 atom stereocenters. The molecule has 0 radical (unpaired) electrons. The highest BCUT2D eigenvalue weighted by molar-refractivity contribution is 5.85. The van der Waals surface area contributed by atoms with Crippen LogP contribution in [0.25, 0.3) is 0 Å². The molecule has 23 heavy (non-hydrogen) atoms. The number of rotatable bonds is 6. The zero-order chi connectivity index (χ0) is 16.8. The summed E-state index contributed by atoms with van der Waals surface area (Å²) in [5, 5.41) is 9.15. The van der Waals surface area contributed by atoms with Crippen LogP contribution in [0, 0.1) is 0 Å². The number of carboxylic acids is 1. The van der Waals surface area contributed by atoms with Crippen molar-refractivity contribution in [2.75, 3.05) is 33.4 Å². The van der Waals surface area contributed by atoms with Crippen LogP contribution < -0.4 is 0 Å². The average molecular weight is 324 g/mol. The third-order valence-corrected chi connectivity index (χ3v) is 3.88. The third kappa shape index (κ3) is 4.32. The number of carbonyl (C=O) groups excluding carboxylic acids is 2. The molecule has 8 heteroatoms. The topological polar surface area (TPSA) is 98.1 Å². The Balaban J connectivity index is 1.81. The maximum Gasteiger partial charge on any atom is 0.352 e. The Morgan fingerprint density at radius 3 is 2.57 bits per heavy atom. The monoisotopic (exact) mass is 324 g/mol. The summed E-state index contributed by atoms with van der Waals surface area (Å²) < 4.78 is 11.2. The van der Waals surface area contributed by atoms with Crippen LogP contribution in [-0.4, -0.2) is 65.8 Å². The predicted octanol–water partition coefficient (Wildman–Crippen LogP) is 0.539. The molecule has 1 amide bonds. The number of piperidine rings is 1. The number of amides is 1. The van der Waals surface area contributed by atoms with Gasteiger partial charge in [0.25, 0.3) is 0 Å². The van der Waals surface area contributed by atoms with E-state index in [1.54, 1.807) is 27.8 Å². The number of ether oxygens (including phenoxy) is 2. The molecule has 0 unspecified atom stereocenters. The maximum atomic E-state index is 12.0. The van der Waals surface area contributed by atoms with E-state index >= 15 is 0 Å². The Labute approximate surface area is 133 Å². The molecule has 2 heterocycles. The lowest BCUT2D eigenvalue weighted by Crippen LogP contribution is -2.41. The highest BCUT2D eigenvalue weighted by atomic mass is 16.6. The predicted molar refractivity (Wildman–Crippen MR) is 79.1 cm³/mol. The Kier molecular flexibility index (Phi) is 5.75. The Hall–Kier alpha value is -2.35. The second-order valence-electron chi connectivity index (χ2n) is 5.29. The van der Waals surface area contributed by atoms with Crippen molar-refractivity contribution < 1.29 is 29.0 Å². The van der Waals surface area contributed by atoms with Crippen molar-refractivity contribution in [1.82, 2.24) is 9.47 Å². The summed E-state index contributed by atoms with van der Waals surface area (Å²) in [6.07, 6.45) is 3.11. The van der Waals surface area contributed by atoms with Crippen LogP contribution in [0.2, 0.25) is 0 Å². The van der Waals surface area contributed by atoms with Crippen LogP contribution in [0.4, 0.5) is 0 Å². The Bertz CT molecular complexity index is 574. The minimum Gasteiger partial charge on any atom is -0.477 e. The van der Waals surface area contributed by atoms with Crippen molar-refractivity contribution >= 4 is 17.8 Å². The van der Waals surface area contributed by atoms with Gasteiger partial charge in [0.15, 0.2) is 0 Å². The molecule has 0 bridgehead atoms. The summed E-state index contributed by atoms with van der Waals surface area (Å²) in [5.74, 6) is -1.66. The highest BCUT2D eigenvalue weighted by Gasteiger charge is 2.25. The van der Waals surface area contributed by atoms with Gasteiger partial charge < -0.3 is 24.0 Å². The molecule has 126 valence electrons. The first kappa shape index (κ1) is 17.0. The number of esters is 1. The molecule has 8 nitrogen and oxygen atoms in total. The standard InChI is InChI=1S/C15H20N2O6/c1-22-14(19)10-23-9-13(18)16-7-4-11(5-8-16)17-6-2-3-12(17)15(20)21/h2-3,6,11H,4-5,7-10H2,1H3,(H,20,21). The summed E-state index contributed by atoms with van der Waals surface area (Å²) in [5.41, 5.74) is 0.260. The van der Waals surface area contributed by atoms with Gasteiger partial charge in [-0.1, -0.05) is 0 Å². The van der Waals surface area contributed by atoms with E-state index in [-0.39, 0.29) is 30.9 Å². The number of methoxy groups -OCH3 is 1. The fraction of sp³-hybridized carbons (Fsp3) is 0.533. The number of hydrogen-bond acceptors (Lipinski definition) is 5. The summed E-state index contributed by atoms with van der Waals surface area (Å²) in [6.45, 7) is 0.651. The maximum absolute atomic E-state index is 12.0. The lowest BCUT2D eigenvalue weighted by molar-refractivity contribution is -0.149. The number of carbonyl (C=O) groups is 3. The van der Waals surface area contributed by atoms with E-state index in [1.807, 2.05) is 0 Å². The van der Waals surface area contributed by atoms with Gasteiger partial charge in [-0.15, -0.1) is 0 Å². The van der Waals surface area contributed by atoms with Crippen molar-refractivity contribution in [3.8, 4) is 0 Å². The molecule has 0 aromatic carbocycles. The Morgan fingerprint density at radius 1 is 1.26 bits per heavy atom. The van der Waals surface area contributed by atoms with Crippen molar-refractivity contribution in [3.63, 3.8) is 0 Å². The van der Waals surface area contributed by atoms with Crippen LogP contribution >= 0.6 is 0 Å². The van der Waals surface area contributed by atoms with E-state index in [4.69, 9.17) is 9.84 Å². The quantitative estimate of drug-likeness (QED) is 0.767. The van der Waals surface area contributed by atoms with Gasteiger partial charge in [0.2, 0.25) is 5.91 Å². The average Bonchev–Trinajstić information content (AvgIpc) is 3.04. The number of aromatic carboxylic acids is 1. The minimum absolute atomic E-state index is 0.0659. The first-order chi connectivity index (χ1) is 11.0. The molecular formula is C15H20N2O6. The van der Waals surface area contributed by atoms with Crippen LogP contribution in [0.3, 0.4) is 0 Å². The normalized spacial score (nSPS) is 15.4. The van der Waals surface area contributed by atoms with E-state index in [2.05, 4.69) is 4.74 Å². The van der Waals surface area contributed by atoms with Gasteiger partial charge in [0, 0.05) is 25.3 Å². The minimum atomic E-state index is -0.954. The lowest BCUT2D eigenvalue weighted by Gasteiger charge is -2.33. The second-order valence-corrected chi connectivity index (χ2v) is 5.29. The zero-order valence-corrected chi connectivity index (χ0v) is 12.9. The van der Waals surface area contributed by atoms with Crippen molar-refractivity contribution in [2.24, 2.45) is 0 Å². The van der Waals surface area contributed by atoms with Crippen LogP contribution in [0.1, 0.15) is 29.4 Å². The van der Waals surface area contributed by atoms with Crippen LogP contribution in [-0.2, 0) is 19.1 Å². The number of likely N-dealkylation sites (tertiary alicyclic amines) is 1. The molecule has 0 aliphatic carbocycles. The van der Waals surface area contributed by atoms with Crippen molar-refractivity contribution in [1.29, 1.82) is 0 Å². The zero-order valence-electron chi connectivity index (χ0n) is 12.9. The van der Waals surface area contributed by atoms with Gasteiger partial charge in [-0.05, 0) is 25.0 Å². The smallest absolute Gasteiger partial charge is 0.352 e. The van der Waals surface area contributed by atoms with Gasteiger partial charge in [0.1, 0.15) is 18.9 Å². The van der Waals surface area contributed by atoms with Gasteiger partial charge in [0.05, 0.1) is 7.11 Å². The summed E-state index contributed by atoms with van der Waals surface area (Å²) in [4.78, 5) is 35.7. The van der Waals surface area contributed by atoms with Crippen LogP contribution in [0.5, 0.6) is 0 Å². The number of carboxylic acid groups (broad SMARTS) is 1. The number of hydrogen-bond donors (Lipinski definition) is 1. The largest absolute Gasteiger partial charge is 0.477 e. The molecular weight excluding hydrogens is 304 g/mol. The summed E-state index contributed by atoms with van der Waals surface area (Å²) >= 11 is 0. The fourth-order valence-electron chi connectivity index (χ4n) is 2.66. The molecule has 1 fully saturated rings. The fourth-order valence-corrected chi connectivity index (χ4v) is 2.66. The van der Waals surface area contributed by atoms with E-state index in [0.29, 0.717) is 25.9 Å². The van der Waals surface area contributed by atoms with Crippen LogP contribution in [0.15, 0.2) is 18.3 Å². The van der Waals surface area contributed by atoms with Crippen molar-refractivity contribution in [3.05, 3.63) is 24.0 Å². The van der Waals surface area contributed by atoms with E-state index in [1.165, 1.54) is 7.11 Å². The summed E-state index contributed by atoms with van der Waals surface area (Å²) in [7, 11) is 1.25. The van der Waals surface area contributed by atoms with Gasteiger partial charge in [-0.2, -0.15) is 0 Å². The first-order valence-corrected chi connectivity index (χ1v) is 7.35. The molecule has 1 N–H and O–H groups in total. The third-order valence-electron chi connectivity index (χ3n) is 3.88. The van der Waals surface area contributed by atoms with Gasteiger partial charge in [-0.25, -0.2) is 9.59 Å². The molecule has 1 aromatic rings. The molecule has 1 aliphatic rings. The SMILES string of the molecule is COC(=O)COCC(=O)N1CCC(n2cccc2C(=O)O)CC1. The first-order valence-electron chi connectivity index (χ1n) is 7.35. The molecule has 1 saturated heterocycles. The highest BCUT2D eigenvalue weighted by Crippen LogP contribution is 2.24. The number of nitrogens with zero attached hydrogens (tertiary/aromatic N) is 2. The summed E-state index contributed by atoms with van der Waals surface area (Å²) in [6, 6.07) is 3.35. The molecule has 2 rings (SSSR count). The van der Waals surface area contributed by atoms with E-state index in [9.17, 15) is 14.4 Å². The van der Waals surface area contributed by atoms with E-state index < -0.39 is 11.9 Å². The van der Waals surface area contributed by atoms with Gasteiger partial charge >= 0.3 is 11.9 Å². The van der Waals surface area contributed by atoms with Gasteiger partial charge in [-0.3, -0.25) is 4.79 Å². The molecule has 1 aromatic heterocycles.